The molecule has 2 N–H and O–H groups in total. The smallest absolute Gasteiger partial charge is 0.326 e. The maximum atomic E-state index is 10.9. The largest absolute Gasteiger partial charge is 0.480 e. The van der Waals surface area contributed by atoms with Gasteiger partial charge in [-0.25, -0.2) is 4.79 Å². The van der Waals surface area contributed by atoms with E-state index in [1.165, 1.54) is 25.6 Å². The molecular formula is C10H13N3O3. The molecule has 0 aliphatic rings. The van der Waals surface area contributed by atoms with Crippen LogP contribution in [0.1, 0.15) is 6.42 Å². The van der Waals surface area contributed by atoms with Gasteiger partial charge in [-0.15, -0.1) is 6.58 Å². The number of hydrogen-bond donors (Lipinski definition) is 2. The van der Waals surface area contributed by atoms with Crippen molar-refractivity contribution < 1.29 is 14.6 Å². The number of carbonyl (C=O) groups is 1. The van der Waals surface area contributed by atoms with Crippen LogP contribution in [0.15, 0.2) is 25.0 Å². The van der Waals surface area contributed by atoms with Gasteiger partial charge in [-0.2, -0.15) is 4.98 Å². The highest BCUT2D eigenvalue weighted by molar-refractivity contribution is 5.77. The van der Waals surface area contributed by atoms with E-state index in [0.717, 1.165) is 0 Å². The van der Waals surface area contributed by atoms with Crippen molar-refractivity contribution in [3.05, 3.63) is 25.0 Å². The van der Waals surface area contributed by atoms with E-state index in [2.05, 4.69) is 21.9 Å². The van der Waals surface area contributed by atoms with E-state index in [0.29, 0.717) is 18.1 Å². The van der Waals surface area contributed by atoms with Crippen LogP contribution in [0.4, 0.5) is 5.82 Å². The third kappa shape index (κ3) is 3.23. The van der Waals surface area contributed by atoms with Crippen LogP contribution in [0.5, 0.6) is 5.88 Å². The number of aliphatic carboxylic acids is 1. The van der Waals surface area contributed by atoms with Gasteiger partial charge in [0.25, 0.3) is 0 Å². The molecule has 1 rings (SSSR count). The molecule has 0 saturated carbocycles. The fraction of sp³-hybridized carbons (Fsp3) is 0.300. The standard InChI is InChI=1S/C10H13N3O3/c1-3-4-7(10(14)15)12-8-5-11-6-9(13-8)16-2/h3,5-7H,1,4H2,2H3,(H,12,13)(H,14,15). The first kappa shape index (κ1) is 12.0. The zero-order chi connectivity index (χ0) is 12.0. The Bertz CT molecular complexity index is 381. The van der Waals surface area contributed by atoms with Crippen LogP contribution in [-0.2, 0) is 4.79 Å². The lowest BCUT2D eigenvalue weighted by molar-refractivity contribution is -0.137. The molecule has 1 aromatic heterocycles. The molecule has 0 fully saturated rings. The number of hydrogen-bond acceptors (Lipinski definition) is 5. The second-order valence-corrected chi connectivity index (χ2v) is 3.01. The lowest BCUT2D eigenvalue weighted by Gasteiger charge is -2.12. The summed E-state index contributed by atoms with van der Waals surface area (Å²) < 4.78 is 4.88. The summed E-state index contributed by atoms with van der Waals surface area (Å²) in [4.78, 5) is 18.7. The normalized spacial score (nSPS) is 11.6. The Balaban J connectivity index is 2.76. The average molecular weight is 223 g/mol. The molecular weight excluding hydrogens is 210 g/mol. The number of anilines is 1. The highest BCUT2D eigenvalue weighted by Gasteiger charge is 2.15. The Hall–Kier alpha value is -2.11. The molecule has 0 spiro atoms. The molecule has 0 aliphatic heterocycles. The number of aromatic nitrogens is 2. The van der Waals surface area contributed by atoms with Crippen molar-refractivity contribution in [2.45, 2.75) is 12.5 Å². The summed E-state index contributed by atoms with van der Waals surface area (Å²) >= 11 is 0. The van der Waals surface area contributed by atoms with Crippen molar-refractivity contribution in [3.63, 3.8) is 0 Å². The van der Waals surface area contributed by atoms with Crippen molar-refractivity contribution in [1.29, 1.82) is 0 Å². The van der Waals surface area contributed by atoms with Crippen molar-refractivity contribution in [2.24, 2.45) is 0 Å². The molecule has 16 heavy (non-hydrogen) atoms. The minimum absolute atomic E-state index is 0.300. The van der Waals surface area contributed by atoms with Crippen molar-refractivity contribution >= 4 is 11.8 Å². The Morgan fingerprint density at radius 3 is 3.06 bits per heavy atom. The topological polar surface area (TPSA) is 84.3 Å². The maximum absolute atomic E-state index is 10.9. The minimum atomic E-state index is -0.968. The molecule has 1 atom stereocenters. The Morgan fingerprint density at radius 1 is 1.75 bits per heavy atom. The van der Waals surface area contributed by atoms with Gasteiger partial charge in [0.15, 0.2) is 0 Å². The molecule has 1 unspecified atom stereocenters. The van der Waals surface area contributed by atoms with E-state index in [1.54, 1.807) is 0 Å². The van der Waals surface area contributed by atoms with Crippen LogP contribution in [0.25, 0.3) is 0 Å². The molecule has 6 heteroatoms. The molecule has 0 radical (unpaired) electrons. The number of ether oxygens (including phenoxy) is 1. The zero-order valence-electron chi connectivity index (χ0n) is 8.88. The number of nitrogens with one attached hydrogen (secondary N) is 1. The maximum Gasteiger partial charge on any atom is 0.326 e. The van der Waals surface area contributed by atoms with Gasteiger partial charge in [-0.05, 0) is 6.42 Å². The number of carboxylic acid groups (broad SMARTS) is 1. The summed E-state index contributed by atoms with van der Waals surface area (Å²) in [5, 5.41) is 11.6. The van der Waals surface area contributed by atoms with Crippen LogP contribution in [-0.4, -0.2) is 34.2 Å². The van der Waals surface area contributed by atoms with E-state index in [9.17, 15) is 4.79 Å². The van der Waals surface area contributed by atoms with Crippen molar-refractivity contribution in [3.8, 4) is 5.88 Å². The number of rotatable bonds is 6. The zero-order valence-corrected chi connectivity index (χ0v) is 8.88. The number of nitrogens with zero attached hydrogens (tertiary/aromatic N) is 2. The van der Waals surface area contributed by atoms with Gasteiger partial charge in [0.05, 0.1) is 19.5 Å². The van der Waals surface area contributed by atoms with E-state index < -0.39 is 12.0 Å². The molecule has 86 valence electrons. The molecule has 0 amide bonds. The van der Waals surface area contributed by atoms with E-state index in [1.807, 2.05) is 0 Å². The predicted octanol–water partition coefficient (Wildman–Crippen LogP) is 0.926. The van der Waals surface area contributed by atoms with E-state index in [4.69, 9.17) is 9.84 Å². The van der Waals surface area contributed by atoms with Gasteiger partial charge in [0, 0.05) is 0 Å². The van der Waals surface area contributed by atoms with Crippen LogP contribution in [0, 0.1) is 0 Å². The lowest BCUT2D eigenvalue weighted by Crippen LogP contribution is -2.29. The first-order chi connectivity index (χ1) is 7.67. The van der Waals surface area contributed by atoms with Gasteiger partial charge in [-0.1, -0.05) is 6.08 Å². The SMILES string of the molecule is C=CCC(Nc1cncc(OC)n1)C(=O)O. The van der Waals surface area contributed by atoms with Gasteiger partial charge < -0.3 is 15.2 Å². The molecule has 6 nitrogen and oxygen atoms in total. The first-order valence-corrected chi connectivity index (χ1v) is 4.63. The summed E-state index contributed by atoms with van der Waals surface area (Å²) in [7, 11) is 1.46. The van der Waals surface area contributed by atoms with Gasteiger partial charge in [0.2, 0.25) is 5.88 Å². The second kappa shape index (κ2) is 5.69. The summed E-state index contributed by atoms with van der Waals surface area (Å²) in [5.41, 5.74) is 0. The Kier molecular flexibility index (Phi) is 4.26. The summed E-state index contributed by atoms with van der Waals surface area (Å²) in [6, 6.07) is -0.765. The van der Waals surface area contributed by atoms with Crippen LogP contribution < -0.4 is 10.1 Å². The molecule has 0 bridgehead atoms. The monoisotopic (exact) mass is 223 g/mol. The fourth-order valence-corrected chi connectivity index (χ4v) is 1.08. The van der Waals surface area contributed by atoms with Crippen LogP contribution in [0.3, 0.4) is 0 Å². The molecule has 0 aromatic carbocycles. The van der Waals surface area contributed by atoms with Gasteiger partial charge in [0.1, 0.15) is 11.9 Å². The molecule has 0 saturated heterocycles. The summed E-state index contributed by atoms with van der Waals surface area (Å²) in [5.74, 6) is -0.286. The fourth-order valence-electron chi connectivity index (χ4n) is 1.08. The summed E-state index contributed by atoms with van der Waals surface area (Å²) in [6.45, 7) is 3.49. The quantitative estimate of drug-likeness (QED) is 0.698. The summed E-state index contributed by atoms with van der Waals surface area (Å²) in [6.07, 6.45) is 4.70. The highest BCUT2D eigenvalue weighted by atomic mass is 16.5. The van der Waals surface area contributed by atoms with Crippen molar-refractivity contribution in [1.82, 2.24) is 9.97 Å². The molecule has 1 aromatic rings. The van der Waals surface area contributed by atoms with E-state index in [-0.39, 0.29) is 0 Å². The highest BCUT2D eigenvalue weighted by Crippen LogP contribution is 2.10. The molecule has 0 aliphatic carbocycles. The van der Waals surface area contributed by atoms with Gasteiger partial charge in [-0.3, -0.25) is 4.98 Å². The third-order valence-electron chi connectivity index (χ3n) is 1.84. The number of methoxy groups -OCH3 is 1. The van der Waals surface area contributed by atoms with Crippen molar-refractivity contribution in [2.75, 3.05) is 12.4 Å². The first-order valence-electron chi connectivity index (χ1n) is 4.63. The van der Waals surface area contributed by atoms with Crippen LogP contribution >= 0.6 is 0 Å². The van der Waals surface area contributed by atoms with Crippen LogP contribution in [0.2, 0.25) is 0 Å². The Morgan fingerprint density at radius 2 is 2.50 bits per heavy atom. The lowest BCUT2D eigenvalue weighted by atomic mass is 10.2. The van der Waals surface area contributed by atoms with E-state index >= 15 is 0 Å². The van der Waals surface area contributed by atoms with Gasteiger partial charge >= 0.3 is 5.97 Å². The predicted molar refractivity (Wildman–Crippen MR) is 58.4 cm³/mol. The minimum Gasteiger partial charge on any atom is -0.480 e. The third-order valence-corrected chi connectivity index (χ3v) is 1.84. The number of carboxylic acids is 1. The second-order valence-electron chi connectivity index (χ2n) is 3.01. The Labute approximate surface area is 93.0 Å². The average Bonchev–Trinajstić information content (AvgIpc) is 2.28. The molecule has 1 heterocycles.